The van der Waals surface area contributed by atoms with Crippen molar-refractivity contribution in [3.05, 3.63) is 60.8 Å². The Bertz CT molecular complexity index is 978. The standard InChI is InChI=1S/C16H10F3NO3S/c17-16(18,19)24(21,22)23-13-8-6-11(7-9-13)14-5-1-3-12-4-2-10-20-15(12)14/h1-10H. The van der Waals surface area contributed by atoms with Crippen LogP contribution in [0.5, 0.6) is 5.75 Å². The summed E-state index contributed by atoms with van der Waals surface area (Å²) in [4.78, 5) is 4.30. The van der Waals surface area contributed by atoms with E-state index in [1.54, 1.807) is 12.3 Å². The van der Waals surface area contributed by atoms with Crippen LogP contribution in [-0.2, 0) is 10.1 Å². The highest BCUT2D eigenvalue weighted by atomic mass is 32.2. The first-order chi connectivity index (χ1) is 11.3. The number of aromatic nitrogens is 1. The number of hydrogen-bond acceptors (Lipinski definition) is 4. The van der Waals surface area contributed by atoms with Gasteiger partial charge in [0.1, 0.15) is 5.75 Å². The summed E-state index contributed by atoms with van der Waals surface area (Å²) in [5.41, 5.74) is -3.28. The molecule has 0 radical (unpaired) electrons. The zero-order chi connectivity index (χ0) is 17.4. The first-order valence-electron chi connectivity index (χ1n) is 6.73. The molecule has 0 amide bonds. The number of pyridine rings is 1. The summed E-state index contributed by atoms with van der Waals surface area (Å²) in [6.07, 6.45) is 1.64. The van der Waals surface area contributed by atoms with E-state index in [1.165, 1.54) is 24.3 Å². The van der Waals surface area contributed by atoms with Crippen molar-refractivity contribution in [1.82, 2.24) is 4.98 Å². The van der Waals surface area contributed by atoms with Gasteiger partial charge in [-0.2, -0.15) is 21.6 Å². The highest BCUT2D eigenvalue weighted by Gasteiger charge is 2.48. The van der Waals surface area contributed by atoms with Gasteiger partial charge >= 0.3 is 15.6 Å². The maximum atomic E-state index is 12.3. The van der Waals surface area contributed by atoms with Crippen molar-refractivity contribution in [2.45, 2.75) is 5.51 Å². The number of halogens is 3. The number of alkyl halides is 3. The van der Waals surface area contributed by atoms with Gasteiger partial charge in [-0.25, -0.2) is 0 Å². The van der Waals surface area contributed by atoms with Crippen molar-refractivity contribution in [2.75, 3.05) is 0 Å². The minimum absolute atomic E-state index is 0.413. The van der Waals surface area contributed by atoms with Crippen molar-refractivity contribution >= 4 is 21.0 Å². The molecule has 2 aromatic carbocycles. The van der Waals surface area contributed by atoms with Crippen LogP contribution in [0.1, 0.15) is 0 Å². The van der Waals surface area contributed by atoms with Gasteiger partial charge < -0.3 is 4.18 Å². The Morgan fingerprint density at radius 3 is 2.25 bits per heavy atom. The van der Waals surface area contributed by atoms with Crippen LogP contribution in [0.2, 0.25) is 0 Å². The Morgan fingerprint density at radius 2 is 1.58 bits per heavy atom. The van der Waals surface area contributed by atoms with Crippen LogP contribution in [-0.4, -0.2) is 18.9 Å². The first kappa shape index (κ1) is 16.3. The molecule has 0 aliphatic heterocycles. The van der Waals surface area contributed by atoms with Gasteiger partial charge in [0.05, 0.1) is 5.52 Å². The van der Waals surface area contributed by atoms with Crippen LogP contribution in [0.25, 0.3) is 22.0 Å². The summed E-state index contributed by atoms with van der Waals surface area (Å²) in [6, 6.07) is 14.5. The fourth-order valence-corrected chi connectivity index (χ4v) is 2.66. The lowest BCUT2D eigenvalue weighted by Gasteiger charge is -2.10. The van der Waals surface area contributed by atoms with Gasteiger partial charge in [0.2, 0.25) is 0 Å². The minimum atomic E-state index is -5.68. The Balaban J connectivity index is 1.95. The quantitative estimate of drug-likeness (QED) is 0.525. The Labute approximate surface area is 135 Å². The lowest BCUT2D eigenvalue weighted by atomic mass is 10.0. The van der Waals surface area contributed by atoms with Gasteiger partial charge in [0.15, 0.2) is 0 Å². The average Bonchev–Trinajstić information content (AvgIpc) is 2.54. The van der Waals surface area contributed by atoms with E-state index in [0.717, 1.165) is 16.5 Å². The molecule has 0 bridgehead atoms. The second-order valence-electron chi connectivity index (χ2n) is 4.89. The van der Waals surface area contributed by atoms with E-state index < -0.39 is 21.4 Å². The topological polar surface area (TPSA) is 56.3 Å². The van der Waals surface area contributed by atoms with Crippen molar-refractivity contribution in [3.63, 3.8) is 0 Å². The van der Waals surface area contributed by atoms with Crippen LogP contribution in [0.15, 0.2) is 60.8 Å². The highest BCUT2D eigenvalue weighted by Crippen LogP contribution is 2.30. The minimum Gasteiger partial charge on any atom is -0.376 e. The second-order valence-corrected chi connectivity index (χ2v) is 6.43. The average molecular weight is 353 g/mol. The fourth-order valence-electron chi connectivity index (χ4n) is 2.20. The van der Waals surface area contributed by atoms with Gasteiger partial charge in [-0.3, -0.25) is 4.98 Å². The van der Waals surface area contributed by atoms with Crippen molar-refractivity contribution in [1.29, 1.82) is 0 Å². The van der Waals surface area contributed by atoms with E-state index in [2.05, 4.69) is 9.17 Å². The van der Waals surface area contributed by atoms with E-state index in [1.807, 2.05) is 24.3 Å². The van der Waals surface area contributed by atoms with Crippen molar-refractivity contribution in [2.24, 2.45) is 0 Å². The summed E-state index contributed by atoms with van der Waals surface area (Å²) in [5.74, 6) is -0.413. The molecule has 1 aromatic heterocycles. The van der Waals surface area contributed by atoms with E-state index in [9.17, 15) is 21.6 Å². The maximum absolute atomic E-state index is 12.3. The van der Waals surface area contributed by atoms with Gasteiger partial charge in [0.25, 0.3) is 0 Å². The molecule has 4 nitrogen and oxygen atoms in total. The molecule has 0 fully saturated rings. The monoisotopic (exact) mass is 353 g/mol. The van der Waals surface area contributed by atoms with E-state index in [-0.39, 0.29) is 0 Å². The smallest absolute Gasteiger partial charge is 0.376 e. The van der Waals surface area contributed by atoms with Crippen LogP contribution in [0.4, 0.5) is 13.2 Å². The third-order valence-electron chi connectivity index (χ3n) is 3.29. The third kappa shape index (κ3) is 3.05. The zero-order valence-electron chi connectivity index (χ0n) is 12.0. The zero-order valence-corrected chi connectivity index (χ0v) is 12.8. The predicted molar refractivity (Wildman–Crippen MR) is 82.8 cm³/mol. The number of nitrogens with zero attached hydrogens (tertiary/aromatic N) is 1. The third-order valence-corrected chi connectivity index (χ3v) is 4.27. The predicted octanol–water partition coefficient (Wildman–Crippen LogP) is 4.13. The normalized spacial score (nSPS) is 12.3. The summed E-state index contributed by atoms with van der Waals surface area (Å²) < 4.78 is 63.0. The van der Waals surface area contributed by atoms with E-state index >= 15 is 0 Å². The molecular weight excluding hydrogens is 343 g/mol. The molecule has 0 saturated carbocycles. The molecule has 0 N–H and O–H groups in total. The summed E-state index contributed by atoms with van der Waals surface area (Å²) in [6.45, 7) is 0. The van der Waals surface area contributed by atoms with Gasteiger partial charge in [-0.1, -0.05) is 36.4 Å². The molecule has 124 valence electrons. The molecule has 0 spiro atoms. The summed E-state index contributed by atoms with van der Waals surface area (Å²) in [7, 11) is -5.68. The summed E-state index contributed by atoms with van der Waals surface area (Å²) >= 11 is 0. The largest absolute Gasteiger partial charge is 0.534 e. The lowest BCUT2D eigenvalue weighted by molar-refractivity contribution is -0.0500. The second kappa shape index (κ2) is 5.79. The fraction of sp³-hybridized carbons (Fsp3) is 0.0625. The number of hydrogen-bond donors (Lipinski definition) is 0. The molecule has 24 heavy (non-hydrogen) atoms. The van der Waals surface area contributed by atoms with Crippen LogP contribution in [0.3, 0.4) is 0 Å². The van der Waals surface area contributed by atoms with Crippen molar-refractivity contribution < 1.29 is 25.8 Å². The molecule has 0 aliphatic carbocycles. The van der Waals surface area contributed by atoms with Crippen LogP contribution < -0.4 is 4.18 Å². The molecule has 1 heterocycles. The first-order valence-corrected chi connectivity index (χ1v) is 8.14. The van der Waals surface area contributed by atoms with Gasteiger partial charge in [-0.05, 0) is 23.8 Å². The molecule has 8 heteroatoms. The van der Waals surface area contributed by atoms with Crippen molar-refractivity contribution in [3.8, 4) is 16.9 Å². The Kier molecular flexibility index (Phi) is 3.92. The SMILES string of the molecule is O=S(=O)(Oc1ccc(-c2cccc3cccnc23)cc1)C(F)(F)F. The maximum Gasteiger partial charge on any atom is 0.534 e. The molecule has 3 rings (SSSR count). The number of para-hydroxylation sites is 1. The van der Waals surface area contributed by atoms with Gasteiger partial charge in [-0.15, -0.1) is 0 Å². The van der Waals surface area contributed by atoms with Crippen LogP contribution in [0, 0.1) is 0 Å². The molecule has 0 aliphatic rings. The summed E-state index contributed by atoms with van der Waals surface area (Å²) in [5, 5.41) is 0.912. The lowest BCUT2D eigenvalue weighted by Crippen LogP contribution is -2.28. The van der Waals surface area contributed by atoms with Gasteiger partial charge in [0, 0.05) is 17.1 Å². The molecule has 0 saturated heterocycles. The number of benzene rings is 2. The molecule has 3 aromatic rings. The van der Waals surface area contributed by atoms with Crippen LogP contribution >= 0.6 is 0 Å². The van der Waals surface area contributed by atoms with E-state index in [4.69, 9.17) is 0 Å². The Hall–Kier alpha value is -2.61. The molecular formula is C16H10F3NO3S. The Morgan fingerprint density at radius 1 is 0.917 bits per heavy atom. The highest BCUT2D eigenvalue weighted by molar-refractivity contribution is 7.88. The number of rotatable bonds is 3. The molecule has 0 atom stereocenters. The number of fused-ring (bicyclic) bond motifs is 1. The molecule has 0 unspecified atom stereocenters. The van der Waals surface area contributed by atoms with E-state index in [0.29, 0.717) is 5.56 Å².